The first-order valence-electron chi connectivity index (χ1n) is 12.8. The number of hydrogen-bond donors (Lipinski definition) is 2. The van der Waals surface area contributed by atoms with Crippen LogP contribution in [0.4, 0.5) is 13.2 Å². The summed E-state index contributed by atoms with van der Waals surface area (Å²) in [6.45, 7) is 2.80. The summed E-state index contributed by atoms with van der Waals surface area (Å²) in [4.78, 5) is 44.3. The summed E-state index contributed by atoms with van der Waals surface area (Å²) in [5.74, 6) is -3.90. The highest BCUT2D eigenvalue weighted by molar-refractivity contribution is 5.97. The maximum absolute atomic E-state index is 14.4. The van der Waals surface area contributed by atoms with Crippen molar-refractivity contribution in [3.63, 3.8) is 0 Å². The van der Waals surface area contributed by atoms with Crippen molar-refractivity contribution in [2.45, 2.75) is 31.8 Å². The van der Waals surface area contributed by atoms with Gasteiger partial charge in [0.05, 0.1) is 5.56 Å². The molecule has 1 aliphatic heterocycles. The second-order valence-electron chi connectivity index (χ2n) is 9.87. The van der Waals surface area contributed by atoms with Gasteiger partial charge in [0.15, 0.2) is 0 Å². The third-order valence-electron chi connectivity index (χ3n) is 7.30. The van der Waals surface area contributed by atoms with E-state index in [1.807, 2.05) is 13.0 Å². The van der Waals surface area contributed by atoms with Gasteiger partial charge in [-0.1, -0.05) is 37.6 Å². The third-order valence-corrected chi connectivity index (χ3v) is 7.30. The number of halogens is 3. The largest absolute Gasteiger partial charge is 0.347 e. The average molecular weight is 537 g/mol. The summed E-state index contributed by atoms with van der Waals surface area (Å²) >= 11 is 0. The van der Waals surface area contributed by atoms with E-state index >= 15 is 0 Å². The number of piperidine rings is 1. The molecule has 3 aromatic rings. The molecule has 3 amide bonds. The van der Waals surface area contributed by atoms with Crippen LogP contribution in [0.2, 0.25) is 0 Å². The number of likely N-dealkylation sites (tertiary alicyclic amines) is 1. The lowest BCUT2D eigenvalue weighted by atomic mass is 10.1. The second-order valence-corrected chi connectivity index (χ2v) is 9.87. The number of benzene rings is 2. The van der Waals surface area contributed by atoms with Crippen LogP contribution in [0.5, 0.6) is 0 Å². The third kappa shape index (κ3) is 5.36. The number of carbonyl (C=O) groups is 3. The summed E-state index contributed by atoms with van der Waals surface area (Å²) in [5, 5.41) is 5.69. The summed E-state index contributed by atoms with van der Waals surface area (Å²) in [6.07, 6.45) is 1.22. The molecule has 5 rings (SSSR count). The van der Waals surface area contributed by atoms with Gasteiger partial charge in [0.2, 0.25) is 5.91 Å². The topological polar surface area (TPSA) is 91.4 Å². The molecule has 1 saturated carbocycles. The van der Waals surface area contributed by atoms with Crippen molar-refractivity contribution in [1.29, 1.82) is 0 Å². The first kappa shape index (κ1) is 26.4. The van der Waals surface area contributed by atoms with Gasteiger partial charge in [-0.3, -0.25) is 14.4 Å². The van der Waals surface area contributed by atoms with Gasteiger partial charge in [0.1, 0.15) is 34.9 Å². The van der Waals surface area contributed by atoms with Gasteiger partial charge in [0, 0.05) is 36.5 Å². The zero-order valence-electron chi connectivity index (χ0n) is 21.2. The maximum Gasteiger partial charge on any atom is 0.270 e. The van der Waals surface area contributed by atoms with Crippen LogP contribution in [0.3, 0.4) is 0 Å². The Morgan fingerprint density at radius 2 is 1.56 bits per heavy atom. The van der Waals surface area contributed by atoms with Crippen LogP contribution in [0.25, 0.3) is 11.3 Å². The summed E-state index contributed by atoms with van der Waals surface area (Å²) < 4.78 is 42.7. The Morgan fingerprint density at radius 3 is 2.21 bits per heavy atom. The zero-order valence-corrected chi connectivity index (χ0v) is 21.2. The fourth-order valence-electron chi connectivity index (χ4n) is 5.21. The van der Waals surface area contributed by atoms with Gasteiger partial charge in [-0.15, -0.1) is 0 Å². The van der Waals surface area contributed by atoms with Gasteiger partial charge in [-0.25, -0.2) is 18.2 Å². The highest BCUT2D eigenvalue weighted by Gasteiger charge is 2.57. The van der Waals surface area contributed by atoms with Gasteiger partial charge < -0.3 is 15.5 Å². The number of amides is 3. The van der Waals surface area contributed by atoms with Crippen molar-refractivity contribution < 1.29 is 27.6 Å². The smallest absolute Gasteiger partial charge is 0.270 e. The van der Waals surface area contributed by atoms with Crippen LogP contribution in [0.15, 0.2) is 60.7 Å². The number of aromatic nitrogens is 1. The van der Waals surface area contributed by atoms with E-state index < -0.39 is 40.7 Å². The predicted molar refractivity (Wildman–Crippen MR) is 137 cm³/mol. The van der Waals surface area contributed by atoms with Crippen LogP contribution >= 0.6 is 0 Å². The molecule has 202 valence electrons. The zero-order chi connectivity index (χ0) is 27.7. The van der Waals surface area contributed by atoms with E-state index in [0.29, 0.717) is 31.5 Å². The van der Waals surface area contributed by atoms with Crippen molar-refractivity contribution in [3.8, 4) is 11.3 Å². The Morgan fingerprint density at radius 1 is 0.897 bits per heavy atom. The van der Waals surface area contributed by atoms with E-state index in [-0.39, 0.29) is 35.4 Å². The summed E-state index contributed by atoms with van der Waals surface area (Å²) in [5.41, 5.74) is -0.902. The molecule has 2 aliphatic rings. The van der Waals surface area contributed by atoms with Crippen LogP contribution in [-0.4, -0.2) is 52.8 Å². The Labute approximate surface area is 223 Å². The van der Waals surface area contributed by atoms with Gasteiger partial charge >= 0.3 is 0 Å². The molecular weight excluding hydrogens is 509 g/mol. The summed E-state index contributed by atoms with van der Waals surface area (Å²) in [6, 6.07) is 13.1. The number of rotatable bonds is 8. The van der Waals surface area contributed by atoms with Crippen molar-refractivity contribution in [3.05, 3.63) is 89.4 Å². The fourth-order valence-corrected chi connectivity index (χ4v) is 5.21. The predicted octanol–water partition coefficient (Wildman–Crippen LogP) is 3.95. The van der Waals surface area contributed by atoms with Crippen molar-refractivity contribution >= 4 is 17.7 Å². The Hall–Kier alpha value is -4.21. The van der Waals surface area contributed by atoms with E-state index in [1.54, 1.807) is 29.2 Å². The molecule has 2 fully saturated rings. The highest BCUT2D eigenvalue weighted by Crippen LogP contribution is 2.45. The molecular formula is C29H27F3N4O3. The molecule has 1 aliphatic carbocycles. The lowest BCUT2D eigenvalue weighted by Crippen LogP contribution is -2.49. The SMILES string of the molecule is CCC[C@@H](NC(=O)c1ccccc1)C(=O)N1C[C@@H]2C(NC(=O)c3ccc(F)c(-c4c(F)cccc4F)n3)[C@@H]2C1. The van der Waals surface area contributed by atoms with Crippen molar-refractivity contribution in [2.75, 3.05) is 13.1 Å². The molecule has 1 unspecified atom stereocenters. The van der Waals surface area contributed by atoms with E-state index in [9.17, 15) is 27.6 Å². The lowest BCUT2D eigenvalue weighted by Gasteiger charge is -2.26. The molecule has 1 saturated heterocycles. The second kappa shape index (κ2) is 10.9. The van der Waals surface area contributed by atoms with Crippen LogP contribution in [-0.2, 0) is 4.79 Å². The highest BCUT2D eigenvalue weighted by atomic mass is 19.1. The van der Waals surface area contributed by atoms with Gasteiger partial charge in [0.25, 0.3) is 11.8 Å². The number of fused-ring (bicyclic) bond motifs is 1. The van der Waals surface area contributed by atoms with Crippen LogP contribution in [0.1, 0.15) is 40.6 Å². The molecule has 7 nitrogen and oxygen atoms in total. The minimum atomic E-state index is -0.984. The quantitative estimate of drug-likeness (QED) is 0.456. The van der Waals surface area contributed by atoms with E-state index in [4.69, 9.17) is 0 Å². The number of nitrogens with one attached hydrogen (secondary N) is 2. The van der Waals surface area contributed by atoms with E-state index in [0.717, 1.165) is 30.3 Å². The number of nitrogens with zero attached hydrogens (tertiary/aromatic N) is 2. The molecule has 10 heteroatoms. The van der Waals surface area contributed by atoms with Gasteiger partial charge in [-0.2, -0.15) is 0 Å². The minimum absolute atomic E-state index is 0.0360. The van der Waals surface area contributed by atoms with Crippen molar-refractivity contribution in [1.82, 2.24) is 20.5 Å². The van der Waals surface area contributed by atoms with Crippen LogP contribution in [0, 0.1) is 29.3 Å². The molecule has 0 radical (unpaired) electrons. The molecule has 39 heavy (non-hydrogen) atoms. The van der Waals surface area contributed by atoms with Crippen molar-refractivity contribution in [2.24, 2.45) is 11.8 Å². The van der Waals surface area contributed by atoms with Crippen LogP contribution < -0.4 is 10.6 Å². The molecule has 1 aromatic heterocycles. The number of pyridine rings is 1. The number of hydrogen-bond acceptors (Lipinski definition) is 4. The van der Waals surface area contributed by atoms with E-state index in [2.05, 4.69) is 15.6 Å². The first-order chi connectivity index (χ1) is 18.8. The Balaban J connectivity index is 1.20. The Bertz CT molecular complexity index is 1390. The first-order valence-corrected chi connectivity index (χ1v) is 12.8. The summed E-state index contributed by atoms with van der Waals surface area (Å²) in [7, 11) is 0. The molecule has 2 N–H and O–H groups in total. The monoisotopic (exact) mass is 536 g/mol. The normalized spacial score (nSPS) is 20.2. The lowest BCUT2D eigenvalue weighted by molar-refractivity contribution is -0.133. The minimum Gasteiger partial charge on any atom is -0.347 e. The fraction of sp³-hybridized carbons (Fsp3) is 0.310. The van der Waals surface area contributed by atoms with E-state index in [1.165, 1.54) is 0 Å². The molecule has 2 heterocycles. The molecule has 0 bridgehead atoms. The van der Waals surface area contributed by atoms with Gasteiger partial charge in [-0.05, 0) is 42.8 Å². The Kier molecular flexibility index (Phi) is 7.36. The molecule has 2 aromatic carbocycles. The standard InChI is InChI=1S/C29H27F3N4O3/c1-2-7-23(34-27(37)16-8-4-3-5-9-16)29(39)36-14-17-18(15-36)25(17)35-28(38)22-13-12-21(32)26(33-22)24-19(30)10-6-11-20(24)31/h3-6,8-13,17-18,23,25H,2,7,14-15H2,1H3,(H,34,37)(H,35,38)/t17-,18+,23-,25?/m1/s1. The molecule has 0 spiro atoms. The maximum atomic E-state index is 14.4. The number of carbonyl (C=O) groups excluding carboxylic acids is 3. The average Bonchev–Trinajstić information content (AvgIpc) is 3.35. The molecule has 4 atom stereocenters.